The van der Waals surface area contributed by atoms with Gasteiger partial charge in [-0.3, -0.25) is 4.79 Å². The summed E-state index contributed by atoms with van der Waals surface area (Å²) in [5, 5.41) is 20.0. The normalized spacial score (nSPS) is 17.4. The lowest BCUT2D eigenvalue weighted by Gasteiger charge is -2.36. The smallest absolute Gasteiger partial charge is 0.235 e. The molecule has 7 nitrogen and oxygen atoms in total. The Labute approximate surface area is 199 Å². The van der Waals surface area contributed by atoms with Crippen LogP contribution in [0, 0.1) is 22.7 Å². The molecule has 8 heteroatoms. The number of hydrogen-bond donors (Lipinski definition) is 1. The van der Waals surface area contributed by atoms with Gasteiger partial charge in [0, 0.05) is 19.1 Å². The van der Waals surface area contributed by atoms with Gasteiger partial charge in [0.15, 0.2) is 0 Å². The van der Waals surface area contributed by atoms with Crippen LogP contribution in [-0.4, -0.2) is 49.0 Å². The zero-order chi connectivity index (χ0) is 23.5. The van der Waals surface area contributed by atoms with Crippen LogP contribution >= 0.6 is 11.8 Å². The highest BCUT2D eigenvalue weighted by Gasteiger charge is 2.36. The second-order valence-electron chi connectivity index (χ2n) is 8.89. The van der Waals surface area contributed by atoms with E-state index in [-0.39, 0.29) is 5.92 Å². The summed E-state index contributed by atoms with van der Waals surface area (Å²) in [6.07, 6.45) is 3.87. The quantitative estimate of drug-likeness (QED) is 0.629. The summed E-state index contributed by atoms with van der Waals surface area (Å²) in [4.78, 5) is 21.6. The molecule has 2 N–H and O–H groups in total. The van der Waals surface area contributed by atoms with E-state index in [2.05, 4.69) is 36.0 Å². The largest absolute Gasteiger partial charge is 0.368 e. The Kier molecular flexibility index (Phi) is 6.88. The minimum absolute atomic E-state index is 0.193. The zero-order valence-corrected chi connectivity index (χ0v) is 19.8. The van der Waals surface area contributed by atoms with Crippen LogP contribution in [0.3, 0.4) is 0 Å². The fourth-order valence-corrected chi connectivity index (χ4v) is 5.55. The third kappa shape index (κ3) is 4.83. The lowest BCUT2D eigenvalue weighted by atomic mass is 9.98. The second kappa shape index (κ2) is 9.82. The lowest BCUT2D eigenvalue weighted by molar-refractivity contribution is -0.117. The van der Waals surface area contributed by atoms with Gasteiger partial charge in [-0.25, -0.2) is 4.98 Å². The molecule has 1 atom stereocenters. The molecule has 1 saturated carbocycles. The van der Waals surface area contributed by atoms with E-state index in [9.17, 15) is 15.3 Å². The number of amides is 1. The van der Waals surface area contributed by atoms with Crippen molar-refractivity contribution in [3.63, 3.8) is 0 Å². The molecule has 2 aromatic rings. The molecular weight excluding hydrogens is 432 g/mol. The van der Waals surface area contributed by atoms with E-state index in [0.717, 1.165) is 49.9 Å². The van der Waals surface area contributed by atoms with Gasteiger partial charge in [0.1, 0.15) is 28.2 Å². The Morgan fingerprint density at radius 3 is 2.27 bits per heavy atom. The van der Waals surface area contributed by atoms with E-state index in [0.29, 0.717) is 28.0 Å². The molecule has 0 radical (unpaired) electrons. The van der Waals surface area contributed by atoms with E-state index in [4.69, 9.17) is 10.7 Å². The summed E-state index contributed by atoms with van der Waals surface area (Å²) >= 11 is 1.21. The minimum Gasteiger partial charge on any atom is -0.368 e. The molecule has 1 aromatic heterocycles. The fraction of sp³-hybridized carbons (Fsp3) is 0.440. The summed E-state index contributed by atoms with van der Waals surface area (Å²) < 4.78 is 0. The number of thioether (sulfide) groups is 1. The van der Waals surface area contributed by atoms with E-state index < -0.39 is 11.2 Å². The van der Waals surface area contributed by atoms with Crippen molar-refractivity contribution in [2.45, 2.75) is 47.9 Å². The second-order valence-corrected chi connectivity index (χ2v) is 9.99. The highest BCUT2D eigenvalue weighted by Crippen LogP contribution is 2.48. The highest BCUT2D eigenvalue weighted by atomic mass is 32.2. The number of nitrogens with zero attached hydrogens (tertiary/aromatic N) is 5. The Balaban J connectivity index is 1.78. The number of primary amides is 1. The number of rotatable bonds is 7. The Bertz CT molecular complexity index is 1110. The Hall–Kier alpha value is -3.07. The van der Waals surface area contributed by atoms with Gasteiger partial charge in [0.25, 0.3) is 0 Å². The molecule has 0 spiro atoms. The van der Waals surface area contributed by atoms with Crippen LogP contribution in [0.1, 0.15) is 59.1 Å². The van der Waals surface area contributed by atoms with E-state index in [1.165, 1.54) is 11.8 Å². The molecule has 1 amide bonds. The standard InChI is InChI=1S/C25H28N6OS/c1-30(2)18-10-12-31(13-11-18)24-19(14-26)21(16-8-9-16)20(15-27)25(29-24)33-22(23(28)32)17-6-4-3-5-7-17/h3-7,16,18,22H,8-13H2,1-2H3,(H2,28,32). The van der Waals surface area contributed by atoms with Crippen molar-refractivity contribution in [1.29, 1.82) is 10.5 Å². The van der Waals surface area contributed by atoms with Crippen molar-refractivity contribution in [1.82, 2.24) is 9.88 Å². The molecule has 0 bridgehead atoms. The number of carbonyl (C=O) groups excluding carboxylic acids is 1. The maximum Gasteiger partial charge on any atom is 0.235 e. The maximum absolute atomic E-state index is 12.4. The predicted octanol–water partition coefficient (Wildman–Crippen LogP) is 3.55. The van der Waals surface area contributed by atoms with Crippen LogP contribution < -0.4 is 10.6 Å². The molecule has 2 heterocycles. The first kappa shape index (κ1) is 23.1. The molecule has 1 unspecified atom stereocenters. The number of anilines is 1. The molecule has 4 rings (SSSR count). The van der Waals surface area contributed by atoms with Gasteiger partial charge in [-0.1, -0.05) is 42.1 Å². The van der Waals surface area contributed by atoms with Crippen molar-refractivity contribution in [3.8, 4) is 12.1 Å². The molecule has 1 saturated heterocycles. The third-order valence-electron chi connectivity index (χ3n) is 6.48. The maximum atomic E-state index is 12.4. The van der Waals surface area contributed by atoms with Crippen molar-refractivity contribution < 1.29 is 4.79 Å². The molecule has 1 aliphatic carbocycles. The minimum atomic E-state index is -0.668. The van der Waals surface area contributed by atoms with Crippen LogP contribution in [0.4, 0.5) is 5.82 Å². The molecule has 1 aromatic carbocycles. The number of carbonyl (C=O) groups is 1. The number of pyridine rings is 1. The van der Waals surface area contributed by atoms with Crippen LogP contribution in [-0.2, 0) is 4.79 Å². The number of aromatic nitrogens is 1. The van der Waals surface area contributed by atoms with Crippen molar-refractivity contribution in [2.75, 3.05) is 32.1 Å². The molecule has 2 fully saturated rings. The van der Waals surface area contributed by atoms with E-state index >= 15 is 0 Å². The van der Waals surface area contributed by atoms with Gasteiger partial charge in [-0.05, 0) is 56.8 Å². The average molecular weight is 461 g/mol. The highest BCUT2D eigenvalue weighted by molar-refractivity contribution is 8.00. The Morgan fingerprint density at radius 2 is 1.76 bits per heavy atom. The summed E-state index contributed by atoms with van der Waals surface area (Å²) in [6.45, 7) is 1.59. The van der Waals surface area contributed by atoms with Gasteiger partial charge in [0.2, 0.25) is 5.91 Å². The van der Waals surface area contributed by atoms with Gasteiger partial charge in [-0.15, -0.1) is 0 Å². The van der Waals surface area contributed by atoms with Crippen molar-refractivity contribution in [3.05, 3.63) is 52.6 Å². The first-order valence-corrected chi connectivity index (χ1v) is 12.1. The van der Waals surface area contributed by atoms with Gasteiger partial charge in [0.05, 0.1) is 11.1 Å². The molecule has 1 aliphatic heterocycles. The third-order valence-corrected chi connectivity index (χ3v) is 7.74. The SMILES string of the molecule is CN(C)C1CCN(c2nc(SC(C(N)=O)c3ccccc3)c(C#N)c(C3CC3)c2C#N)CC1. The summed E-state index contributed by atoms with van der Waals surface area (Å²) in [6, 6.07) is 14.5. The van der Waals surface area contributed by atoms with Crippen molar-refractivity contribution >= 4 is 23.5 Å². The average Bonchev–Trinajstić information content (AvgIpc) is 3.67. The van der Waals surface area contributed by atoms with Crippen molar-refractivity contribution in [2.24, 2.45) is 5.73 Å². The number of nitriles is 2. The monoisotopic (exact) mass is 460 g/mol. The van der Waals surface area contributed by atoms with Gasteiger partial charge >= 0.3 is 0 Å². The molecular formula is C25H28N6OS. The zero-order valence-electron chi connectivity index (χ0n) is 19.0. The number of hydrogen-bond acceptors (Lipinski definition) is 7. The lowest BCUT2D eigenvalue weighted by Crippen LogP contribution is -2.42. The van der Waals surface area contributed by atoms with Gasteiger partial charge < -0.3 is 15.5 Å². The van der Waals surface area contributed by atoms with Crippen LogP contribution in [0.2, 0.25) is 0 Å². The van der Waals surface area contributed by atoms with E-state index in [1.54, 1.807) is 0 Å². The molecule has 2 aliphatic rings. The van der Waals surface area contributed by atoms with E-state index in [1.807, 2.05) is 30.3 Å². The number of nitrogens with two attached hydrogens (primary N) is 1. The summed E-state index contributed by atoms with van der Waals surface area (Å²) in [5.74, 6) is 0.343. The summed E-state index contributed by atoms with van der Waals surface area (Å²) in [5.41, 5.74) is 8.24. The fourth-order valence-electron chi connectivity index (χ4n) is 4.51. The van der Waals surface area contributed by atoms with Crippen LogP contribution in [0.5, 0.6) is 0 Å². The number of piperidine rings is 1. The van der Waals surface area contributed by atoms with Crippen LogP contribution in [0.15, 0.2) is 35.4 Å². The van der Waals surface area contributed by atoms with Gasteiger partial charge in [-0.2, -0.15) is 10.5 Å². The first-order valence-electron chi connectivity index (χ1n) is 11.2. The topological polar surface area (TPSA) is 110 Å². The first-order chi connectivity index (χ1) is 15.9. The molecule has 33 heavy (non-hydrogen) atoms. The van der Waals surface area contributed by atoms with Crippen LogP contribution in [0.25, 0.3) is 0 Å². The Morgan fingerprint density at radius 1 is 1.12 bits per heavy atom. The number of benzene rings is 1. The molecule has 170 valence electrons. The summed E-state index contributed by atoms with van der Waals surface area (Å²) in [7, 11) is 4.18. The predicted molar refractivity (Wildman–Crippen MR) is 129 cm³/mol.